The number of carbonyl (C=O) groups is 2. The maximum atomic E-state index is 11.9. The van der Waals surface area contributed by atoms with Crippen molar-refractivity contribution in [3.63, 3.8) is 0 Å². The number of esters is 1. The highest BCUT2D eigenvalue weighted by molar-refractivity contribution is 5.99. The highest BCUT2D eigenvalue weighted by atomic mass is 16.5. The van der Waals surface area contributed by atoms with Crippen LogP contribution < -0.4 is 10.2 Å². The van der Waals surface area contributed by atoms with E-state index in [0.717, 1.165) is 29.9 Å². The fourth-order valence-corrected chi connectivity index (χ4v) is 2.49. The molecule has 1 amide bonds. The molecule has 1 N–H and O–H groups in total. The Morgan fingerprint density at radius 1 is 1.45 bits per heavy atom. The van der Waals surface area contributed by atoms with Crippen LogP contribution in [0.25, 0.3) is 0 Å². The molecule has 0 unspecified atom stereocenters. The third-order valence-electron chi connectivity index (χ3n) is 3.53. The Hall–Kier alpha value is -2.04. The van der Waals surface area contributed by atoms with Crippen LogP contribution in [0.5, 0.6) is 0 Å². The lowest BCUT2D eigenvalue weighted by Crippen LogP contribution is -2.25. The molecule has 0 bridgehead atoms. The van der Waals surface area contributed by atoms with Crippen molar-refractivity contribution in [3.8, 4) is 0 Å². The number of anilines is 2. The molecular formula is C15H20N2O3. The summed E-state index contributed by atoms with van der Waals surface area (Å²) in [5.41, 5.74) is 3.11. The number of nitrogens with zero attached hydrogens (tertiary/aromatic N) is 1. The summed E-state index contributed by atoms with van der Waals surface area (Å²) >= 11 is 0. The lowest BCUT2D eigenvalue weighted by atomic mass is 10.1. The second kappa shape index (κ2) is 5.94. The Kier molecular flexibility index (Phi) is 4.27. The molecule has 5 nitrogen and oxygen atoms in total. The maximum absolute atomic E-state index is 11.9. The Balaban J connectivity index is 2.50. The van der Waals surface area contributed by atoms with Crippen molar-refractivity contribution in [1.29, 1.82) is 0 Å². The normalized spacial score (nSPS) is 14.6. The third-order valence-corrected chi connectivity index (χ3v) is 3.53. The summed E-state index contributed by atoms with van der Waals surface area (Å²) in [7, 11) is 1.36. The van der Waals surface area contributed by atoms with Crippen molar-refractivity contribution in [3.05, 3.63) is 23.3 Å². The Morgan fingerprint density at radius 3 is 2.75 bits per heavy atom. The second-order valence-corrected chi connectivity index (χ2v) is 4.84. The number of benzene rings is 1. The fraction of sp³-hybridized carbons (Fsp3) is 0.467. The Morgan fingerprint density at radius 2 is 2.20 bits per heavy atom. The first kappa shape index (κ1) is 14.4. The van der Waals surface area contributed by atoms with E-state index in [1.165, 1.54) is 7.11 Å². The highest BCUT2D eigenvalue weighted by Crippen LogP contribution is 2.32. The van der Waals surface area contributed by atoms with E-state index in [4.69, 9.17) is 4.74 Å². The summed E-state index contributed by atoms with van der Waals surface area (Å²) in [6.07, 6.45) is 1.43. The van der Waals surface area contributed by atoms with Gasteiger partial charge in [-0.25, -0.2) is 4.79 Å². The van der Waals surface area contributed by atoms with Crippen molar-refractivity contribution in [1.82, 2.24) is 0 Å². The molecule has 1 aromatic carbocycles. The minimum atomic E-state index is -0.392. The molecule has 0 saturated carbocycles. The Labute approximate surface area is 118 Å². The van der Waals surface area contributed by atoms with Crippen molar-refractivity contribution >= 4 is 23.3 Å². The summed E-state index contributed by atoms with van der Waals surface area (Å²) in [6, 6.07) is 3.51. The summed E-state index contributed by atoms with van der Waals surface area (Å²) in [4.78, 5) is 25.5. The molecule has 0 spiro atoms. The molecule has 0 radical (unpaired) electrons. The third kappa shape index (κ3) is 2.61. The van der Waals surface area contributed by atoms with Crippen molar-refractivity contribution in [2.24, 2.45) is 0 Å². The van der Waals surface area contributed by atoms with Gasteiger partial charge in [0.1, 0.15) is 0 Å². The first-order valence-electron chi connectivity index (χ1n) is 6.85. The van der Waals surface area contributed by atoms with E-state index in [1.54, 1.807) is 17.0 Å². The van der Waals surface area contributed by atoms with Crippen molar-refractivity contribution in [2.75, 3.05) is 30.4 Å². The zero-order chi connectivity index (χ0) is 14.7. The molecule has 1 saturated heterocycles. The number of nitrogens with one attached hydrogen (secondary N) is 1. The van der Waals surface area contributed by atoms with Crippen LogP contribution in [0.1, 0.15) is 35.7 Å². The first-order valence-corrected chi connectivity index (χ1v) is 6.85. The molecule has 1 aliphatic rings. The average molecular weight is 276 g/mol. The number of carbonyl (C=O) groups excluding carboxylic acids is 2. The molecule has 0 atom stereocenters. The van der Waals surface area contributed by atoms with Crippen molar-refractivity contribution in [2.45, 2.75) is 26.7 Å². The van der Waals surface area contributed by atoms with Gasteiger partial charge in [0.25, 0.3) is 0 Å². The van der Waals surface area contributed by atoms with E-state index in [9.17, 15) is 9.59 Å². The fourth-order valence-electron chi connectivity index (χ4n) is 2.49. The van der Waals surface area contributed by atoms with E-state index >= 15 is 0 Å². The van der Waals surface area contributed by atoms with Gasteiger partial charge in [-0.05, 0) is 38.0 Å². The van der Waals surface area contributed by atoms with E-state index in [-0.39, 0.29) is 5.91 Å². The van der Waals surface area contributed by atoms with E-state index < -0.39 is 5.97 Å². The number of amides is 1. The molecule has 1 aromatic rings. The minimum Gasteiger partial charge on any atom is -0.465 e. The zero-order valence-corrected chi connectivity index (χ0v) is 12.2. The molecule has 20 heavy (non-hydrogen) atoms. The van der Waals surface area contributed by atoms with E-state index in [1.807, 2.05) is 13.8 Å². The molecule has 0 aromatic heterocycles. The lowest BCUT2D eigenvalue weighted by Gasteiger charge is -2.22. The standard InChI is InChI=1S/C15H20N2O3/c1-4-16-12-8-11(15(19)20-3)9-13(10(12)2)17-7-5-6-14(17)18/h8-9,16H,4-7H2,1-3H3. The summed E-state index contributed by atoms with van der Waals surface area (Å²) in [5, 5.41) is 3.23. The summed E-state index contributed by atoms with van der Waals surface area (Å²) in [5.74, 6) is -0.283. The predicted octanol–water partition coefficient (Wildman–Crippen LogP) is 2.34. The van der Waals surface area contributed by atoms with Crippen LogP contribution in [0.15, 0.2) is 12.1 Å². The highest BCUT2D eigenvalue weighted by Gasteiger charge is 2.25. The predicted molar refractivity (Wildman–Crippen MR) is 78.3 cm³/mol. The average Bonchev–Trinajstić information content (AvgIpc) is 2.86. The molecule has 1 heterocycles. The van der Waals surface area contributed by atoms with E-state index in [0.29, 0.717) is 18.5 Å². The summed E-state index contributed by atoms with van der Waals surface area (Å²) in [6.45, 7) is 5.40. The second-order valence-electron chi connectivity index (χ2n) is 4.84. The molecule has 5 heteroatoms. The van der Waals surface area contributed by atoms with Crippen LogP contribution >= 0.6 is 0 Å². The molecule has 2 rings (SSSR count). The van der Waals surface area contributed by atoms with Crippen LogP contribution in [0.3, 0.4) is 0 Å². The maximum Gasteiger partial charge on any atom is 0.337 e. The van der Waals surface area contributed by atoms with Gasteiger partial charge < -0.3 is 15.0 Å². The number of methoxy groups -OCH3 is 1. The van der Waals surface area contributed by atoms with Gasteiger partial charge in [0.2, 0.25) is 5.91 Å². The van der Waals surface area contributed by atoms with Gasteiger partial charge in [-0.1, -0.05) is 0 Å². The smallest absolute Gasteiger partial charge is 0.337 e. The van der Waals surface area contributed by atoms with Gasteiger partial charge in [0.05, 0.1) is 12.7 Å². The van der Waals surface area contributed by atoms with Crippen LogP contribution in [0.4, 0.5) is 11.4 Å². The molecule has 108 valence electrons. The van der Waals surface area contributed by atoms with Gasteiger partial charge in [-0.2, -0.15) is 0 Å². The van der Waals surface area contributed by atoms with Crippen LogP contribution in [0, 0.1) is 6.92 Å². The quantitative estimate of drug-likeness (QED) is 0.858. The van der Waals surface area contributed by atoms with Crippen LogP contribution in [0.2, 0.25) is 0 Å². The number of hydrogen-bond acceptors (Lipinski definition) is 4. The minimum absolute atomic E-state index is 0.109. The van der Waals surface area contributed by atoms with Gasteiger partial charge in [0.15, 0.2) is 0 Å². The van der Waals surface area contributed by atoms with Gasteiger partial charge in [-0.15, -0.1) is 0 Å². The number of ether oxygens (including phenoxy) is 1. The SMILES string of the molecule is CCNc1cc(C(=O)OC)cc(N2CCCC2=O)c1C. The van der Waals surface area contributed by atoms with E-state index in [2.05, 4.69) is 5.32 Å². The summed E-state index contributed by atoms with van der Waals surface area (Å²) < 4.78 is 4.78. The number of hydrogen-bond donors (Lipinski definition) is 1. The molecule has 1 fully saturated rings. The van der Waals surface area contributed by atoms with Gasteiger partial charge in [-0.3, -0.25) is 4.79 Å². The molecule has 1 aliphatic heterocycles. The van der Waals surface area contributed by atoms with Gasteiger partial charge in [0, 0.05) is 30.9 Å². The van der Waals surface area contributed by atoms with Crippen LogP contribution in [-0.2, 0) is 9.53 Å². The largest absolute Gasteiger partial charge is 0.465 e. The molecule has 0 aliphatic carbocycles. The Bertz CT molecular complexity index is 540. The van der Waals surface area contributed by atoms with Gasteiger partial charge >= 0.3 is 5.97 Å². The van der Waals surface area contributed by atoms with Crippen LogP contribution in [-0.4, -0.2) is 32.1 Å². The first-order chi connectivity index (χ1) is 9.58. The lowest BCUT2D eigenvalue weighted by molar-refractivity contribution is -0.117. The number of rotatable bonds is 4. The zero-order valence-electron chi connectivity index (χ0n) is 12.2. The monoisotopic (exact) mass is 276 g/mol. The molecular weight excluding hydrogens is 256 g/mol. The topological polar surface area (TPSA) is 58.6 Å². The van der Waals surface area contributed by atoms with Crippen molar-refractivity contribution < 1.29 is 14.3 Å².